The smallest absolute Gasteiger partial charge is 0.0159 e. The average molecular weight is 1040 g/mol. The summed E-state index contributed by atoms with van der Waals surface area (Å²) < 4.78 is 0. The van der Waals surface area contributed by atoms with Gasteiger partial charge in [0, 0.05) is 10.8 Å². The van der Waals surface area contributed by atoms with Crippen LogP contribution in [0.15, 0.2) is 267 Å². The Labute approximate surface area is 477 Å². The molecule has 0 amide bonds. The van der Waals surface area contributed by atoms with Crippen molar-refractivity contribution in [1.82, 2.24) is 0 Å². The zero-order valence-electron chi connectivity index (χ0n) is 46.4. The highest BCUT2D eigenvalue weighted by atomic mass is 14.4. The first-order chi connectivity index (χ1) is 40.2. The summed E-state index contributed by atoms with van der Waals surface area (Å²) in [7, 11) is 0. The van der Waals surface area contributed by atoms with Crippen molar-refractivity contribution in [1.29, 1.82) is 0 Å². The SMILES string of the molecule is CC1(C)c2ccccc2-c2ccc(-c3c4ccccc4c(-c4ccc5c(c4)C(C)(C)c4ccccc4-5)c4cc(-c5ccc6c7ccccc7c7ccccc7c6c5)ccc34)cc21.c1cc2cccc3c4cccc5cccc(c(c1)c23)c54. The van der Waals surface area contributed by atoms with Gasteiger partial charge in [-0.2, -0.15) is 0 Å². The minimum absolute atomic E-state index is 0.0962. The number of fused-ring (bicyclic) bond motifs is 16. The highest BCUT2D eigenvalue weighted by molar-refractivity contribution is 6.33. The number of hydrogen-bond donors (Lipinski definition) is 0. The molecule has 0 unspecified atom stereocenters. The van der Waals surface area contributed by atoms with E-state index in [9.17, 15) is 0 Å². The van der Waals surface area contributed by atoms with E-state index in [1.165, 1.54) is 175 Å². The van der Waals surface area contributed by atoms with Gasteiger partial charge in [-0.25, -0.2) is 0 Å². The van der Waals surface area contributed by atoms with Gasteiger partial charge >= 0.3 is 0 Å². The Morgan fingerprint density at radius 2 is 0.500 bits per heavy atom. The van der Waals surface area contributed by atoms with Crippen molar-refractivity contribution in [2.45, 2.75) is 38.5 Å². The average Bonchev–Trinajstić information content (AvgIpc) is 3.81. The van der Waals surface area contributed by atoms with E-state index in [2.05, 4.69) is 295 Å². The van der Waals surface area contributed by atoms with Crippen LogP contribution in [0.2, 0.25) is 0 Å². The minimum Gasteiger partial charge on any atom is -0.0619 e. The molecular weight excluding hydrogens is 985 g/mol. The molecule has 0 aromatic heterocycles. The number of hydrogen-bond acceptors (Lipinski definition) is 0. The predicted molar refractivity (Wildman–Crippen MR) is 353 cm³/mol. The van der Waals surface area contributed by atoms with Crippen LogP contribution in [0.3, 0.4) is 0 Å². The molecule has 0 fully saturated rings. The van der Waals surface area contributed by atoms with Gasteiger partial charge in [0.15, 0.2) is 0 Å². The monoisotopic (exact) mass is 1040 g/mol. The maximum absolute atomic E-state index is 2.51. The van der Waals surface area contributed by atoms with Crippen LogP contribution in [0.25, 0.3) is 153 Å². The first-order valence-corrected chi connectivity index (χ1v) is 29.1. The zero-order chi connectivity index (χ0) is 54.6. The van der Waals surface area contributed by atoms with Crippen molar-refractivity contribution in [3.63, 3.8) is 0 Å². The van der Waals surface area contributed by atoms with E-state index < -0.39 is 0 Å². The molecule has 0 heterocycles. The lowest BCUT2D eigenvalue weighted by Crippen LogP contribution is -2.15. The minimum atomic E-state index is -0.106. The van der Waals surface area contributed by atoms with Crippen LogP contribution >= 0.6 is 0 Å². The topological polar surface area (TPSA) is 0 Å². The van der Waals surface area contributed by atoms with Crippen molar-refractivity contribution < 1.29 is 0 Å². The molecule has 16 aromatic rings. The van der Waals surface area contributed by atoms with Gasteiger partial charge in [-0.1, -0.05) is 270 Å². The van der Waals surface area contributed by atoms with Crippen molar-refractivity contribution in [2.75, 3.05) is 0 Å². The Bertz CT molecular complexity index is 5190. The Morgan fingerprint density at radius 1 is 0.195 bits per heavy atom. The van der Waals surface area contributed by atoms with Crippen LogP contribution in [-0.2, 0) is 10.8 Å². The van der Waals surface area contributed by atoms with Gasteiger partial charge in [0.1, 0.15) is 0 Å². The molecule has 2 aliphatic rings. The fourth-order valence-corrected chi connectivity index (χ4v) is 15.4. The molecule has 384 valence electrons. The fraction of sp³-hybridized carbons (Fsp3) is 0.0732. The molecule has 18 rings (SSSR count). The summed E-state index contributed by atoms with van der Waals surface area (Å²) in [5.74, 6) is 0. The standard InChI is InChI=1S/C62H44.C20H12/c1-61(2)55-23-13-11-19-46(55)48-30-27-39(35-57(48)61)59-50-21-9-10-22-51(50)60(40-28-31-49-47-20-12-14-24-56(47)62(3,4)58(49)36-40)54-34-38(26-32-52(54)59)37-25-29-45-43-17-6-5-15-41(43)42-16-7-8-18-44(42)53(45)33-37;1-5-13-6-2-11-17-18-12-4-8-14-7-3-10-16(20(14)18)15(9-1)19(13)17/h5-36H,1-4H3;1-12H. The van der Waals surface area contributed by atoms with E-state index in [1.807, 2.05) is 0 Å². The summed E-state index contributed by atoms with van der Waals surface area (Å²) in [6.07, 6.45) is 0. The third-order valence-corrected chi connectivity index (χ3v) is 19.2. The van der Waals surface area contributed by atoms with E-state index in [-0.39, 0.29) is 10.8 Å². The molecule has 0 saturated carbocycles. The maximum atomic E-state index is 2.51. The van der Waals surface area contributed by atoms with E-state index in [0.717, 1.165) is 0 Å². The lowest BCUT2D eigenvalue weighted by molar-refractivity contribution is 0.660. The van der Waals surface area contributed by atoms with Crippen LogP contribution < -0.4 is 0 Å². The second-order valence-electron chi connectivity index (χ2n) is 24.2. The fourth-order valence-electron chi connectivity index (χ4n) is 15.4. The maximum Gasteiger partial charge on any atom is 0.0159 e. The van der Waals surface area contributed by atoms with Gasteiger partial charge in [0.2, 0.25) is 0 Å². The second kappa shape index (κ2) is 17.3. The predicted octanol–water partition coefficient (Wildman–Crippen LogP) is 22.8. The molecular formula is C82H56. The molecule has 0 nitrogen and oxygen atoms in total. The number of rotatable bonds is 3. The van der Waals surface area contributed by atoms with Crippen molar-refractivity contribution in [3.8, 4) is 55.6 Å². The third kappa shape index (κ3) is 6.61. The molecule has 0 bridgehead atoms. The number of benzene rings is 16. The summed E-state index contributed by atoms with van der Waals surface area (Å²) in [6, 6.07) is 100. The second-order valence-corrected chi connectivity index (χ2v) is 24.2. The van der Waals surface area contributed by atoms with Crippen molar-refractivity contribution in [2.24, 2.45) is 0 Å². The quantitative estimate of drug-likeness (QED) is 0.122. The molecule has 0 aliphatic heterocycles. The first kappa shape index (κ1) is 47.0. The highest BCUT2D eigenvalue weighted by Crippen LogP contribution is 2.54. The highest BCUT2D eigenvalue weighted by Gasteiger charge is 2.37. The molecule has 0 spiro atoms. The van der Waals surface area contributed by atoms with Crippen LogP contribution in [0.4, 0.5) is 0 Å². The van der Waals surface area contributed by atoms with Crippen LogP contribution in [0.5, 0.6) is 0 Å². The Kier molecular flexibility index (Phi) is 9.92. The molecule has 0 radical (unpaired) electrons. The normalized spacial score (nSPS) is 13.8. The van der Waals surface area contributed by atoms with Crippen molar-refractivity contribution in [3.05, 3.63) is 289 Å². The van der Waals surface area contributed by atoms with E-state index in [1.54, 1.807) is 0 Å². The van der Waals surface area contributed by atoms with Gasteiger partial charge in [0.25, 0.3) is 0 Å². The van der Waals surface area contributed by atoms with Gasteiger partial charge in [-0.3, -0.25) is 0 Å². The van der Waals surface area contributed by atoms with Crippen LogP contribution in [-0.4, -0.2) is 0 Å². The van der Waals surface area contributed by atoms with Gasteiger partial charge in [0.05, 0.1) is 0 Å². The summed E-state index contributed by atoms with van der Waals surface area (Å²) in [6.45, 7) is 9.55. The van der Waals surface area contributed by atoms with Crippen LogP contribution in [0, 0.1) is 0 Å². The molecule has 0 atom stereocenters. The van der Waals surface area contributed by atoms with E-state index in [4.69, 9.17) is 0 Å². The lowest BCUT2D eigenvalue weighted by Gasteiger charge is -2.24. The van der Waals surface area contributed by atoms with E-state index >= 15 is 0 Å². The zero-order valence-corrected chi connectivity index (χ0v) is 46.4. The largest absolute Gasteiger partial charge is 0.0619 e. The molecule has 0 heteroatoms. The van der Waals surface area contributed by atoms with Crippen LogP contribution in [0.1, 0.15) is 49.9 Å². The van der Waals surface area contributed by atoms with Crippen molar-refractivity contribution >= 4 is 97.0 Å². The molecule has 82 heavy (non-hydrogen) atoms. The van der Waals surface area contributed by atoms with E-state index in [0.29, 0.717) is 0 Å². The molecule has 0 N–H and O–H groups in total. The van der Waals surface area contributed by atoms with Gasteiger partial charge in [-0.15, -0.1) is 0 Å². The summed E-state index contributed by atoms with van der Waals surface area (Å²) in [4.78, 5) is 0. The lowest BCUT2D eigenvalue weighted by atomic mass is 9.79. The van der Waals surface area contributed by atoms with Gasteiger partial charge < -0.3 is 0 Å². The summed E-state index contributed by atoms with van der Waals surface area (Å²) in [5.41, 5.74) is 18.3. The third-order valence-electron chi connectivity index (χ3n) is 19.2. The summed E-state index contributed by atoms with van der Waals surface area (Å²) >= 11 is 0. The van der Waals surface area contributed by atoms with Gasteiger partial charge in [-0.05, 0) is 199 Å². The molecule has 0 saturated heterocycles. The Balaban J connectivity index is 0.000000223. The first-order valence-electron chi connectivity index (χ1n) is 29.1. The Morgan fingerprint density at radius 3 is 0.951 bits per heavy atom. The molecule has 2 aliphatic carbocycles. The summed E-state index contributed by atoms with van der Waals surface area (Å²) in [5, 5.41) is 23.8. The molecule has 16 aromatic carbocycles. The Hall–Kier alpha value is -9.88.